The summed E-state index contributed by atoms with van der Waals surface area (Å²) >= 11 is 0. The first kappa shape index (κ1) is 29.9. The lowest BCUT2D eigenvalue weighted by Crippen LogP contribution is -2.59. The number of carbonyl (C=O) groups is 4. The predicted octanol–water partition coefficient (Wildman–Crippen LogP) is 3.81. The highest BCUT2D eigenvalue weighted by Crippen LogP contribution is 2.41. The standard InChI is InChI=1S/C27H33NO8/c1-8-21(29)34-16-27(15-28-25(32)33,17-35-22(30)9-2)24(36-23(31)10-3)26(6,7)20-13-11-19(12-14-20)18(4)5/h8-14,24,28H,1-4,15-17H2,5-7H3,(H,32,33). The zero-order chi connectivity index (χ0) is 27.5. The maximum Gasteiger partial charge on any atom is 0.404 e. The van der Waals surface area contributed by atoms with Crippen LogP contribution in [0.2, 0.25) is 0 Å². The van der Waals surface area contributed by atoms with Gasteiger partial charge in [0.25, 0.3) is 0 Å². The summed E-state index contributed by atoms with van der Waals surface area (Å²) < 4.78 is 16.4. The number of esters is 3. The number of nitrogens with one attached hydrogen (secondary N) is 1. The van der Waals surface area contributed by atoms with Gasteiger partial charge in [0.2, 0.25) is 0 Å². The van der Waals surface area contributed by atoms with Crippen LogP contribution in [0.1, 0.15) is 31.9 Å². The second-order valence-corrected chi connectivity index (χ2v) is 8.75. The Hall–Kier alpha value is -4.14. The van der Waals surface area contributed by atoms with Gasteiger partial charge in [0, 0.05) is 30.2 Å². The monoisotopic (exact) mass is 499 g/mol. The summed E-state index contributed by atoms with van der Waals surface area (Å²) in [6.07, 6.45) is 0.234. The van der Waals surface area contributed by atoms with Crippen LogP contribution in [0.25, 0.3) is 5.57 Å². The molecule has 0 radical (unpaired) electrons. The normalized spacial score (nSPS) is 11.9. The summed E-state index contributed by atoms with van der Waals surface area (Å²) in [5.74, 6) is -2.42. The van der Waals surface area contributed by atoms with Crippen LogP contribution < -0.4 is 5.32 Å². The second-order valence-electron chi connectivity index (χ2n) is 8.75. The number of ether oxygens (including phenoxy) is 3. The quantitative estimate of drug-likeness (QED) is 0.225. The molecular formula is C27H33NO8. The summed E-state index contributed by atoms with van der Waals surface area (Å²) in [7, 11) is 0. The summed E-state index contributed by atoms with van der Waals surface area (Å²) in [4.78, 5) is 47.9. The minimum atomic E-state index is -1.56. The molecule has 0 bridgehead atoms. The Morgan fingerprint density at radius 1 is 0.944 bits per heavy atom. The molecule has 1 rings (SSSR count). The van der Waals surface area contributed by atoms with E-state index in [0.717, 1.165) is 29.4 Å². The van der Waals surface area contributed by atoms with Gasteiger partial charge in [-0.1, -0.05) is 70.0 Å². The van der Waals surface area contributed by atoms with Gasteiger partial charge in [-0.05, 0) is 18.1 Å². The fourth-order valence-corrected chi connectivity index (χ4v) is 3.72. The van der Waals surface area contributed by atoms with Crippen molar-refractivity contribution in [3.8, 4) is 0 Å². The average Bonchev–Trinajstić information content (AvgIpc) is 2.86. The summed E-state index contributed by atoms with van der Waals surface area (Å²) in [5.41, 5.74) is -0.132. The van der Waals surface area contributed by atoms with Crippen molar-refractivity contribution < 1.29 is 38.5 Å². The van der Waals surface area contributed by atoms with Crippen LogP contribution in [0.5, 0.6) is 0 Å². The first-order chi connectivity index (χ1) is 16.8. The number of rotatable bonds is 14. The predicted molar refractivity (Wildman–Crippen MR) is 135 cm³/mol. The average molecular weight is 500 g/mol. The van der Waals surface area contributed by atoms with E-state index >= 15 is 0 Å². The molecule has 194 valence electrons. The van der Waals surface area contributed by atoms with Gasteiger partial charge in [0.05, 0.1) is 5.41 Å². The minimum Gasteiger partial charge on any atom is -0.465 e. The van der Waals surface area contributed by atoms with Gasteiger partial charge in [0.15, 0.2) is 0 Å². The number of hydrogen-bond acceptors (Lipinski definition) is 7. The van der Waals surface area contributed by atoms with E-state index in [1.54, 1.807) is 13.8 Å². The van der Waals surface area contributed by atoms with Crippen molar-refractivity contribution in [3.05, 3.63) is 79.9 Å². The van der Waals surface area contributed by atoms with Gasteiger partial charge < -0.3 is 24.6 Å². The fourth-order valence-electron chi connectivity index (χ4n) is 3.72. The molecule has 1 aromatic carbocycles. The molecule has 0 spiro atoms. The molecule has 0 aliphatic carbocycles. The summed E-state index contributed by atoms with van der Waals surface area (Å²) in [6, 6.07) is 7.33. The second kappa shape index (κ2) is 13.1. The van der Waals surface area contributed by atoms with Crippen LogP contribution in [0, 0.1) is 5.41 Å². The van der Waals surface area contributed by atoms with E-state index in [0.29, 0.717) is 5.56 Å². The van der Waals surface area contributed by atoms with Crippen LogP contribution in [-0.4, -0.2) is 55.0 Å². The molecule has 0 aliphatic rings. The first-order valence-electron chi connectivity index (χ1n) is 11.0. The third kappa shape index (κ3) is 7.97. The van der Waals surface area contributed by atoms with Gasteiger partial charge in [0.1, 0.15) is 19.3 Å². The van der Waals surface area contributed by atoms with E-state index < -0.39 is 60.7 Å². The highest BCUT2D eigenvalue weighted by atomic mass is 16.6. The van der Waals surface area contributed by atoms with E-state index in [1.165, 1.54) is 0 Å². The van der Waals surface area contributed by atoms with Gasteiger partial charge in [-0.15, -0.1) is 0 Å². The number of hydrogen-bond donors (Lipinski definition) is 2. The van der Waals surface area contributed by atoms with Crippen LogP contribution >= 0.6 is 0 Å². The molecule has 36 heavy (non-hydrogen) atoms. The SMILES string of the molecule is C=CC(=O)OCC(CNC(=O)O)(COC(=O)C=C)C(OC(=O)C=C)C(C)(C)c1ccc(C(=C)C)cc1. The molecule has 1 atom stereocenters. The number of allylic oxidation sites excluding steroid dienone is 1. The molecule has 0 heterocycles. The summed E-state index contributed by atoms with van der Waals surface area (Å²) in [6.45, 7) is 18.1. The lowest BCUT2D eigenvalue weighted by Gasteiger charge is -2.46. The third-order valence-corrected chi connectivity index (χ3v) is 5.66. The lowest BCUT2D eigenvalue weighted by atomic mass is 9.67. The molecule has 0 aliphatic heterocycles. The highest BCUT2D eigenvalue weighted by Gasteiger charge is 2.52. The van der Waals surface area contributed by atoms with Gasteiger partial charge in [-0.2, -0.15) is 0 Å². The maximum absolute atomic E-state index is 12.5. The molecule has 9 nitrogen and oxygen atoms in total. The van der Waals surface area contributed by atoms with Gasteiger partial charge >= 0.3 is 24.0 Å². The Morgan fingerprint density at radius 3 is 1.81 bits per heavy atom. The van der Waals surface area contributed by atoms with Crippen molar-refractivity contribution in [2.75, 3.05) is 19.8 Å². The Kier molecular flexibility index (Phi) is 10.9. The summed E-state index contributed by atoms with van der Waals surface area (Å²) in [5, 5.41) is 11.6. The number of benzene rings is 1. The molecule has 1 amide bonds. The Balaban J connectivity index is 3.78. The van der Waals surface area contributed by atoms with E-state index in [9.17, 15) is 24.3 Å². The molecule has 2 N–H and O–H groups in total. The van der Waals surface area contributed by atoms with Gasteiger partial charge in [-0.3, -0.25) is 0 Å². The molecular weight excluding hydrogens is 466 g/mol. The molecule has 0 aromatic heterocycles. The Morgan fingerprint density at radius 2 is 1.42 bits per heavy atom. The van der Waals surface area contributed by atoms with Crippen LogP contribution in [0.4, 0.5) is 4.79 Å². The zero-order valence-electron chi connectivity index (χ0n) is 20.9. The molecule has 0 saturated carbocycles. The molecule has 1 aromatic rings. The zero-order valence-corrected chi connectivity index (χ0v) is 20.9. The number of amides is 1. The van der Waals surface area contributed by atoms with Gasteiger partial charge in [-0.25, -0.2) is 19.2 Å². The van der Waals surface area contributed by atoms with Crippen LogP contribution in [0.3, 0.4) is 0 Å². The topological polar surface area (TPSA) is 128 Å². The van der Waals surface area contributed by atoms with Crippen LogP contribution in [0.15, 0.2) is 68.8 Å². The lowest BCUT2D eigenvalue weighted by molar-refractivity contribution is -0.173. The number of carbonyl (C=O) groups excluding carboxylic acids is 3. The van der Waals surface area contributed by atoms with Crippen molar-refractivity contribution in [1.29, 1.82) is 0 Å². The minimum absolute atomic E-state index is 0.403. The third-order valence-electron chi connectivity index (χ3n) is 5.66. The molecule has 1 unspecified atom stereocenters. The maximum atomic E-state index is 12.5. The van der Waals surface area contributed by atoms with E-state index in [-0.39, 0.29) is 0 Å². The Bertz CT molecular complexity index is 999. The van der Waals surface area contributed by atoms with Crippen LogP contribution in [-0.2, 0) is 34.0 Å². The van der Waals surface area contributed by atoms with Crippen molar-refractivity contribution in [3.63, 3.8) is 0 Å². The van der Waals surface area contributed by atoms with E-state index in [1.807, 2.05) is 31.2 Å². The molecule has 0 fully saturated rings. The van der Waals surface area contributed by atoms with Crippen molar-refractivity contribution >= 4 is 29.6 Å². The smallest absolute Gasteiger partial charge is 0.404 e. The van der Waals surface area contributed by atoms with E-state index in [2.05, 4.69) is 31.6 Å². The first-order valence-corrected chi connectivity index (χ1v) is 11.0. The molecule has 0 saturated heterocycles. The van der Waals surface area contributed by atoms with Crippen molar-refractivity contribution in [2.24, 2.45) is 5.41 Å². The van der Waals surface area contributed by atoms with Crippen molar-refractivity contribution in [1.82, 2.24) is 5.32 Å². The molecule has 9 heteroatoms. The van der Waals surface area contributed by atoms with Crippen molar-refractivity contribution in [2.45, 2.75) is 32.3 Å². The van der Waals surface area contributed by atoms with E-state index in [4.69, 9.17) is 14.2 Å². The Labute approximate surface area is 211 Å². The number of carboxylic acid groups (broad SMARTS) is 1. The highest BCUT2D eigenvalue weighted by molar-refractivity contribution is 5.82. The largest absolute Gasteiger partial charge is 0.465 e. The fraction of sp³-hybridized carbons (Fsp3) is 0.333.